The number of hydrogen-bond donors (Lipinski definition) is 1. The summed E-state index contributed by atoms with van der Waals surface area (Å²) in [6.07, 6.45) is 2.15. The third kappa shape index (κ3) is 7.35. The first-order chi connectivity index (χ1) is 6.07. The van der Waals surface area contributed by atoms with Gasteiger partial charge >= 0.3 is 0 Å². The van der Waals surface area contributed by atoms with Crippen molar-refractivity contribution in [1.29, 1.82) is 0 Å². The van der Waals surface area contributed by atoms with E-state index in [1.807, 2.05) is 11.8 Å². The van der Waals surface area contributed by atoms with Gasteiger partial charge in [-0.15, -0.1) is 0 Å². The molecule has 0 aliphatic carbocycles. The van der Waals surface area contributed by atoms with Crippen molar-refractivity contribution in [3.63, 3.8) is 0 Å². The molecule has 1 atom stereocenters. The molecule has 0 radical (unpaired) electrons. The standard InChI is InChI=1S/C10H24N2S/c1-9(2)10(8-12(3)4)11-6-7-13-5/h9-11H,6-8H2,1-5H3. The maximum Gasteiger partial charge on any atom is 0.0218 e. The zero-order valence-electron chi connectivity index (χ0n) is 9.63. The highest BCUT2D eigenvalue weighted by molar-refractivity contribution is 7.98. The fourth-order valence-corrected chi connectivity index (χ4v) is 1.57. The number of thioether (sulfide) groups is 1. The van der Waals surface area contributed by atoms with Crippen molar-refractivity contribution < 1.29 is 0 Å². The average molecular weight is 204 g/mol. The highest BCUT2D eigenvalue weighted by atomic mass is 32.2. The predicted octanol–water partition coefficient (Wildman–Crippen LogP) is 1.53. The second-order valence-corrected chi connectivity index (χ2v) is 5.05. The molecule has 0 saturated heterocycles. The van der Waals surface area contributed by atoms with Crippen LogP contribution in [0.1, 0.15) is 13.8 Å². The first-order valence-corrected chi connectivity index (χ1v) is 6.34. The first kappa shape index (κ1) is 13.3. The molecule has 0 aliphatic rings. The monoisotopic (exact) mass is 204 g/mol. The Kier molecular flexibility index (Phi) is 7.81. The van der Waals surface area contributed by atoms with Gasteiger partial charge in [-0.3, -0.25) is 0 Å². The van der Waals surface area contributed by atoms with E-state index in [-0.39, 0.29) is 0 Å². The van der Waals surface area contributed by atoms with Crippen LogP contribution in [0.15, 0.2) is 0 Å². The van der Waals surface area contributed by atoms with E-state index in [9.17, 15) is 0 Å². The van der Waals surface area contributed by atoms with Gasteiger partial charge in [0.05, 0.1) is 0 Å². The van der Waals surface area contributed by atoms with Crippen molar-refractivity contribution in [2.75, 3.05) is 39.2 Å². The fraction of sp³-hybridized carbons (Fsp3) is 1.00. The second-order valence-electron chi connectivity index (χ2n) is 4.06. The van der Waals surface area contributed by atoms with Crippen LogP contribution in [-0.2, 0) is 0 Å². The Morgan fingerprint density at radius 1 is 1.31 bits per heavy atom. The van der Waals surface area contributed by atoms with Gasteiger partial charge in [0.15, 0.2) is 0 Å². The summed E-state index contributed by atoms with van der Waals surface area (Å²) in [5.74, 6) is 1.92. The number of nitrogens with zero attached hydrogens (tertiary/aromatic N) is 1. The minimum atomic E-state index is 0.627. The average Bonchev–Trinajstić information content (AvgIpc) is 2.02. The highest BCUT2D eigenvalue weighted by Gasteiger charge is 2.12. The van der Waals surface area contributed by atoms with Crippen molar-refractivity contribution in [2.45, 2.75) is 19.9 Å². The Morgan fingerprint density at radius 3 is 2.31 bits per heavy atom. The van der Waals surface area contributed by atoms with Crippen molar-refractivity contribution >= 4 is 11.8 Å². The summed E-state index contributed by atoms with van der Waals surface area (Å²) < 4.78 is 0. The number of likely N-dealkylation sites (N-methyl/N-ethyl adjacent to an activating group) is 1. The number of rotatable bonds is 7. The summed E-state index contributed by atoms with van der Waals surface area (Å²) in [5, 5.41) is 3.59. The SMILES string of the molecule is CSCCNC(CN(C)C)C(C)C. The summed E-state index contributed by atoms with van der Waals surface area (Å²) in [6, 6.07) is 0.627. The van der Waals surface area contributed by atoms with E-state index >= 15 is 0 Å². The molecule has 0 saturated carbocycles. The van der Waals surface area contributed by atoms with Crippen LogP contribution in [0.3, 0.4) is 0 Å². The third-order valence-corrected chi connectivity index (χ3v) is 2.69. The van der Waals surface area contributed by atoms with Crippen molar-refractivity contribution in [3.05, 3.63) is 0 Å². The van der Waals surface area contributed by atoms with E-state index in [2.05, 4.69) is 44.4 Å². The van der Waals surface area contributed by atoms with Crippen molar-refractivity contribution in [1.82, 2.24) is 10.2 Å². The zero-order valence-corrected chi connectivity index (χ0v) is 10.4. The van der Waals surface area contributed by atoms with Crippen molar-refractivity contribution in [2.24, 2.45) is 5.92 Å². The Morgan fingerprint density at radius 2 is 1.92 bits per heavy atom. The van der Waals surface area contributed by atoms with Crippen LogP contribution >= 0.6 is 11.8 Å². The van der Waals surface area contributed by atoms with E-state index in [1.54, 1.807) is 0 Å². The molecule has 0 heterocycles. The molecule has 1 N–H and O–H groups in total. The zero-order chi connectivity index (χ0) is 10.3. The van der Waals surface area contributed by atoms with Gasteiger partial charge in [-0.1, -0.05) is 13.8 Å². The van der Waals surface area contributed by atoms with E-state index in [1.165, 1.54) is 5.75 Å². The molecule has 13 heavy (non-hydrogen) atoms. The van der Waals surface area contributed by atoms with Gasteiger partial charge < -0.3 is 10.2 Å². The molecule has 2 nitrogen and oxygen atoms in total. The lowest BCUT2D eigenvalue weighted by atomic mass is 10.0. The second kappa shape index (κ2) is 7.65. The maximum absolute atomic E-state index is 3.59. The molecule has 3 heteroatoms. The van der Waals surface area contributed by atoms with E-state index in [0.29, 0.717) is 12.0 Å². The predicted molar refractivity (Wildman–Crippen MR) is 63.6 cm³/mol. The van der Waals surface area contributed by atoms with Gasteiger partial charge in [0, 0.05) is 24.9 Å². The van der Waals surface area contributed by atoms with Gasteiger partial charge in [0.2, 0.25) is 0 Å². The van der Waals surface area contributed by atoms with Crippen LogP contribution in [0.4, 0.5) is 0 Å². The Balaban J connectivity index is 3.67. The van der Waals surface area contributed by atoms with E-state index < -0.39 is 0 Å². The van der Waals surface area contributed by atoms with Gasteiger partial charge in [0.25, 0.3) is 0 Å². The smallest absolute Gasteiger partial charge is 0.0218 e. The van der Waals surface area contributed by atoms with E-state index in [0.717, 1.165) is 13.1 Å². The van der Waals surface area contributed by atoms with Crippen LogP contribution in [0.25, 0.3) is 0 Å². The highest BCUT2D eigenvalue weighted by Crippen LogP contribution is 2.02. The van der Waals surface area contributed by atoms with Gasteiger partial charge in [-0.25, -0.2) is 0 Å². The molecule has 0 amide bonds. The molecular formula is C10H24N2S. The van der Waals surface area contributed by atoms with Crippen molar-refractivity contribution in [3.8, 4) is 0 Å². The van der Waals surface area contributed by atoms with Crippen LogP contribution in [-0.4, -0.2) is 50.1 Å². The molecule has 0 rings (SSSR count). The quantitative estimate of drug-likeness (QED) is 0.633. The molecule has 0 aliphatic heterocycles. The Hall–Kier alpha value is 0.270. The number of hydrogen-bond acceptors (Lipinski definition) is 3. The lowest BCUT2D eigenvalue weighted by molar-refractivity contribution is 0.293. The molecule has 80 valence electrons. The number of nitrogens with one attached hydrogen (secondary N) is 1. The van der Waals surface area contributed by atoms with E-state index in [4.69, 9.17) is 0 Å². The molecule has 0 spiro atoms. The summed E-state index contributed by atoms with van der Waals surface area (Å²) in [7, 11) is 4.26. The maximum atomic E-state index is 3.59. The summed E-state index contributed by atoms with van der Waals surface area (Å²) in [6.45, 7) is 6.81. The molecule has 0 fully saturated rings. The molecule has 0 aromatic rings. The molecule has 0 bridgehead atoms. The summed E-state index contributed by atoms with van der Waals surface area (Å²) in [5.41, 5.74) is 0. The molecule has 1 unspecified atom stereocenters. The first-order valence-electron chi connectivity index (χ1n) is 4.95. The lowest BCUT2D eigenvalue weighted by Crippen LogP contribution is -2.42. The van der Waals surface area contributed by atoms with Gasteiger partial charge in [-0.05, 0) is 26.3 Å². The van der Waals surface area contributed by atoms with Crippen LogP contribution < -0.4 is 5.32 Å². The van der Waals surface area contributed by atoms with Crippen LogP contribution in [0.2, 0.25) is 0 Å². The lowest BCUT2D eigenvalue weighted by Gasteiger charge is -2.25. The van der Waals surface area contributed by atoms with Crippen LogP contribution in [0.5, 0.6) is 0 Å². The van der Waals surface area contributed by atoms with Gasteiger partial charge in [0.1, 0.15) is 0 Å². The minimum Gasteiger partial charge on any atom is -0.312 e. The third-order valence-electron chi connectivity index (χ3n) is 2.08. The summed E-state index contributed by atoms with van der Waals surface area (Å²) in [4.78, 5) is 2.25. The largest absolute Gasteiger partial charge is 0.312 e. The molecule has 0 aromatic carbocycles. The molecule has 0 aromatic heterocycles. The Labute approximate surface area is 87.5 Å². The summed E-state index contributed by atoms with van der Waals surface area (Å²) >= 11 is 1.90. The Bertz CT molecular complexity index is 115. The fourth-order valence-electron chi connectivity index (χ4n) is 1.25. The normalized spacial score (nSPS) is 14.1. The van der Waals surface area contributed by atoms with Crippen LogP contribution in [0, 0.1) is 5.92 Å². The van der Waals surface area contributed by atoms with Gasteiger partial charge in [-0.2, -0.15) is 11.8 Å². The molecular weight excluding hydrogens is 180 g/mol. The minimum absolute atomic E-state index is 0.627. The topological polar surface area (TPSA) is 15.3 Å².